The number of thiophene rings is 1. The lowest BCUT2D eigenvalue weighted by atomic mass is 10.00. The molecule has 11 aromatic carbocycles. The summed E-state index contributed by atoms with van der Waals surface area (Å²) < 4.78 is 7.53. The SMILES string of the molecule is c1ccc(-n2c3ccccc3c3cc(-c4ccc5c6cc(-c7cccc([Si](c8ccccc8)(c8ccccc8)c8cccc9c8sc8ccccc89)c7)ccc6n(-c6ccccc6)c5c4)ccc32)cc1. The lowest BCUT2D eigenvalue weighted by Crippen LogP contribution is -2.74. The highest BCUT2D eigenvalue weighted by molar-refractivity contribution is 7.30. The number of para-hydroxylation sites is 3. The molecule has 0 aliphatic heterocycles. The summed E-state index contributed by atoms with van der Waals surface area (Å²) >= 11 is 1.93. The normalized spacial score (nSPS) is 12.0. The van der Waals surface area contributed by atoms with Crippen molar-refractivity contribution in [2.45, 2.75) is 0 Å². The van der Waals surface area contributed by atoms with E-state index in [4.69, 9.17) is 0 Å². The van der Waals surface area contributed by atoms with Crippen molar-refractivity contribution in [3.05, 3.63) is 267 Å². The maximum Gasteiger partial charge on any atom is 0.181 e. The fraction of sp³-hybridized carbons (Fsp3) is 0. The maximum absolute atomic E-state index is 2.91. The van der Waals surface area contributed by atoms with Gasteiger partial charge in [-0.05, 0) is 110 Å². The summed E-state index contributed by atoms with van der Waals surface area (Å²) in [5.74, 6) is 0. The van der Waals surface area contributed by atoms with Crippen molar-refractivity contribution in [3.63, 3.8) is 0 Å². The van der Waals surface area contributed by atoms with E-state index in [-0.39, 0.29) is 0 Å². The van der Waals surface area contributed by atoms with Gasteiger partial charge in [-0.3, -0.25) is 0 Å². The van der Waals surface area contributed by atoms with Crippen molar-refractivity contribution < 1.29 is 0 Å². The zero-order valence-corrected chi connectivity index (χ0v) is 40.0. The third kappa shape index (κ3) is 6.24. The Labute approximate surface area is 411 Å². The highest BCUT2D eigenvalue weighted by Crippen LogP contribution is 2.40. The fourth-order valence-corrected chi connectivity index (χ4v) is 18.2. The second kappa shape index (κ2) is 16.3. The Morgan fingerprint density at radius 1 is 0.271 bits per heavy atom. The molecule has 0 spiro atoms. The Kier molecular flexibility index (Phi) is 9.44. The van der Waals surface area contributed by atoms with Crippen LogP contribution in [0.2, 0.25) is 0 Å². The van der Waals surface area contributed by atoms with E-state index in [0.717, 1.165) is 5.69 Å². The predicted molar refractivity (Wildman–Crippen MR) is 302 cm³/mol. The summed E-state index contributed by atoms with van der Waals surface area (Å²) in [6.07, 6.45) is 0. The van der Waals surface area contributed by atoms with Crippen molar-refractivity contribution in [1.82, 2.24) is 9.13 Å². The molecule has 0 bridgehead atoms. The van der Waals surface area contributed by atoms with E-state index >= 15 is 0 Å². The molecular weight excluding hydrogens is 881 g/mol. The van der Waals surface area contributed by atoms with Crippen molar-refractivity contribution in [1.29, 1.82) is 0 Å². The molecule has 14 aromatic rings. The topological polar surface area (TPSA) is 9.86 Å². The summed E-state index contributed by atoms with van der Waals surface area (Å²) in [7, 11) is -2.91. The Balaban J connectivity index is 0.956. The Morgan fingerprint density at radius 2 is 0.729 bits per heavy atom. The number of hydrogen-bond acceptors (Lipinski definition) is 1. The number of rotatable bonds is 8. The second-order valence-corrected chi connectivity index (χ2v) is 23.2. The smallest absolute Gasteiger partial charge is 0.181 e. The molecule has 0 amide bonds. The van der Waals surface area contributed by atoms with Crippen molar-refractivity contribution in [3.8, 4) is 33.6 Å². The Morgan fingerprint density at radius 3 is 1.39 bits per heavy atom. The van der Waals surface area contributed by atoms with Gasteiger partial charge in [0.15, 0.2) is 8.07 Å². The molecule has 0 unspecified atom stereocenters. The fourth-order valence-electron chi connectivity index (χ4n) is 11.6. The van der Waals surface area contributed by atoms with E-state index in [0.29, 0.717) is 0 Å². The van der Waals surface area contributed by atoms with E-state index in [2.05, 4.69) is 276 Å². The van der Waals surface area contributed by atoms with E-state index in [1.54, 1.807) is 0 Å². The minimum Gasteiger partial charge on any atom is -0.309 e. The average Bonchev–Trinajstić information content (AvgIpc) is 4.10. The quantitative estimate of drug-likeness (QED) is 0.106. The van der Waals surface area contributed by atoms with Gasteiger partial charge in [0, 0.05) is 53.1 Å². The average molecular weight is 925 g/mol. The van der Waals surface area contributed by atoms with E-state index in [9.17, 15) is 0 Å². The first-order chi connectivity index (χ1) is 34.7. The summed E-state index contributed by atoms with van der Waals surface area (Å²) in [6.45, 7) is 0. The number of hydrogen-bond donors (Lipinski definition) is 0. The van der Waals surface area contributed by atoms with Gasteiger partial charge in [0.25, 0.3) is 0 Å². The van der Waals surface area contributed by atoms with E-state index in [1.165, 1.54) is 112 Å². The third-order valence-corrected chi connectivity index (χ3v) is 20.9. The van der Waals surface area contributed by atoms with Crippen LogP contribution >= 0.6 is 11.3 Å². The largest absolute Gasteiger partial charge is 0.309 e. The first-order valence-corrected chi connectivity index (χ1v) is 26.9. The molecule has 0 aliphatic carbocycles. The van der Waals surface area contributed by atoms with E-state index in [1.807, 2.05) is 11.3 Å². The number of aromatic nitrogens is 2. The van der Waals surface area contributed by atoms with Gasteiger partial charge in [-0.25, -0.2) is 0 Å². The van der Waals surface area contributed by atoms with Gasteiger partial charge in [0.2, 0.25) is 0 Å². The van der Waals surface area contributed by atoms with Crippen LogP contribution in [-0.4, -0.2) is 17.2 Å². The Hall–Kier alpha value is -8.54. The molecule has 3 heterocycles. The molecule has 0 saturated heterocycles. The van der Waals surface area contributed by atoms with Crippen molar-refractivity contribution in [2.24, 2.45) is 0 Å². The van der Waals surface area contributed by atoms with Crippen LogP contribution in [0.15, 0.2) is 267 Å². The summed E-state index contributed by atoms with van der Waals surface area (Å²) in [5, 5.41) is 13.2. The minimum atomic E-state index is -2.91. The van der Waals surface area contributed by atoms with Crippen LogP contribution in [-0.2, 0) is 0 Å². The standard InChI is InChI=1S/C66H44N2SSi/c1-5-20-49(21-6-1)67-60-32-15-13-29-54(60)58-43-47(37-39-61(58)67)48-35-38-55-59-42-46(36-40-62(59)68(63(55)44-48)50-22-7-2-8-23-50)45-19-17-28-53(41-45)70(51-24-9-3-10-25-51,52-26-11-4-12-27-52)65-34-18-31-57-56-30-14-16-33-64(56)69-66(57)65/h1-44H. The molecule has 328 valence electrons. The van der Waals surface area contributed by atoms with Gasteiger partial charge in [-0.2, -0.15) is 0 Å². The van der Waals surface area contributed by atoms with Crippen LogP contribution in [0.5, 0.6) is 0 Å². The van der Waals surface area contributed by atoms with Crippen LogP contribution in [0.25, 0.3) is 97.4 Å². The first kappa shape index (κ1) is 40.5. The molecule has 70 heavy (non-hydrogen) atoms. The number of fused-ring (bicyclic) bond motifs is 9. The number of nitrogens with zero attached hydrogens (tertiary/aromatic N) is 2. The first-order valence-electron chi connectivity index (χ1n) is 24.1. The highest BCUT2D eigenvalue weighted by Gasteiger charge is 2.43. The van der Waals surface area contributed by atoms with Gasteiger partial charge in [0.05, 0.1) is 22.1 Å². The maximum atomic E-state index is 2.51. The molecule has 2 nitrogen and oxygen atoms in total. The van der Waals surface area contributed by atoms with Crippen LogP contribution < -0.4 is 20.7 Å². The predicted octanol–water partition coefficient (Wildman–Crippen LogP) is 15.0. The van der Waals surface area contributed by atoms with Gasteiger partial charge >= 0.3 is 0 Å². The lowest BCUT2D eigenvalue weighted by Gasteiger charge is -2.35. The molecule has 0 aliphatic rings. The van der Waals surface area contributed by atoms with Gasteiger partial charge in [0.1, 0.15) is 0 Å². The van der Waals surface area contributed by atoms with Crippen molar-refractivity contribution >= 4 is 104 Å². The summed E-state index contributed by atoms with van der Waals surface area (Å²) in [5.41, 5.74) is 11.9. The van der Waals surface area contributed by atoms with Crippen LogP contribution in [0, 0.1) is 0 Å². The minimum absolute atomic E-state index is 1.15. The molecule has 14 rings (SSSR count). The number of benzene rings is 11. The molecule has 0 radical (unpaired) electrons. The van der Waals surface area contributed by atoms with Gasteiger partial charge in [-0.1, -0.05) is 200 Å². The summed E-state index contributed by atoms with van der Waals surface area (Å²) in [6, 6.07) is 99.5. The summed E-state index contributed by atoms with van der Waals surface area (Å²) in [4.78, 5) is 0. The third-order valence-electron chi connectivity index (χ3n) is 14.7. The lowest BCUT2D eigenvalue weighted by molar-refractivity contribution is 1.18. The second-order valence-electron chi connectivity index (χ2n) is 18.4. The van der Waals surface area contributed by atoms with E-state index < -0.39 is 8.07 Å². The zero-order valence-electron chi connectivity index (χ0n) is 38.2. The Bertz CT molecular complexity index is 4240. The molecule has 3 aromatic heterocycles. The molecule has 0 saturated carbocycles. The van der Waals surface area contributed by atoms with Gasteiger partial charge < -0.3 is 9.13 Å². The highest BCUT2D eigenvalue weighted by atomic mass is 32.1. The zero-order chi connectivity index (χ0) is 46.2. The van der Waals surface area contributed by atoms with Crippen LogP contribution in [0.4, 0.5) is 0 Å². The molecule has 4 heteroatoms. The van der Waals surface area contributed by atoms with Crippen LogP contribution in [0.1, 0.15) is 0 Å². The molecule has 0 fully saturated rings. The monoisotopic (exact) mass is 924 g/mol. The molecule has 0 N–H and O–H groups in total. The van der Waals surface area contributed by atoms with Gasteiger partial charge in [-0.15, -0.1) is 11.3 Å². The molecule has 0 atom stereocenters. The van der Waals surface area contributed by atoms with Crippen LogP contribution in [0.3, 0.4) is 0 Å². The molecular formula is C66H44N2SSi. The van der Waals surface area contributed by atoms with Crippen molar-refractivity contribution in [2.75, 3.05) is 0 Å².